The van der Waals surface area contributed by atoms with Gasteiger partial charge in [-0.15, -0.1) is 0 Å². The molecule has 0 bridgehead atoms. The maximum atomic E-state index is 11.5. The van der Waals surface area contributed by atoms with Crippen molar-refractivity contribution >= 4 is 16.9 Å². The van der Waals surface area contributed by atoms with Crippen molar-refractivity contribution in [2.24, 2.45) is 0 Å². The largest absolute Gasteiger partial charge is 0.282 e. The average Bonchev–Trinajstić information content (AvgIpc) is 2.41. The second-order valence-corrected chi connectivity index (χ2v) is 6.29. The number of hydrogen-bond donors (Lipinski definition) is 0. The van der Waals surface area contributed by atoms with E-state index in [1.165, 1.54) is 76.0 Å². The van der Waals surface area contributed by atoms with E-state index in [1.54, 1.807) is 6.08 Å². The molecule has 0 aliphatic heterocycles. The summed E-state index contributed by atoms with van der Waals surface area (Å²) in [5, 5.41) is 0.240. The molecule has 0 aromatic heterocycles. The lowest BCUT2D eigenvalue weighted by Crippen LogP contribution is -1.89. The van der Waals surface area contributed by atoms with E-state index in [2.05, 4.69) is 19.9 Å². The fourth-order valence-electron chi connectivity index (χ4n) is 1.97. The molecule has 0 saturated heterocycles. The lowest BCUT2D eigenvalue weighted by Gasteiger charge is -1.98. The van der Waals surface area contributed by atoms with Crippen molar-refractivity contribution in [3.05, 3.63) is 12.2 Å². The summed E-state index contributed by atoms with van der Waals surface area (Å²) < 4.78 is 0. The van der Waals surface area contributed by atoms with Gasteiger partial charge in [0.05, 0.1) is 0 Å². The van der Waals surface area contributed by atoms with Gasteiger partial charge in [-0.1, -0.05) is 83.1 Å². The van der Waals surface area contributed by atoms with Gasteiger partial charge in [-0.2, -0.15) is 0 Å². The molecular formula is C17H32OS. The van der Waals surface area contributed by atoms with Gasteiger partial charge in [-0.05, 0) is 25.3 Å². The summed E-state index contributed by atoms with van der Waals surface area (Å²) in [4.78, 5) is 11.5. The minimum atomic E-state index is 0.240. The summed E-state index contributed by atoms with van der Waals surface area (Å²) >= 11 is 1.48. The molecule has 0 heterocycles. The Kier molecular flexibility index (Phi) is 15.6. The molecule has 0 amide bonds. The van der Waals surface area contributed by atoms with Crippen LogP contribution in [-0.4, -0.2) is 10.9 Å². The predicted molar refractivity (Wildman–Crippen MR) is 88.7 cm³/mol. The highest BCUT2D eigenvalue weighted by Gasteiger charge is 1.97. The Hall–Kier alpha value is -0.240. The first kappa shape index (κ1) is 18.8. The first-order valence-electron chi connectivity index (χ1n) is 8.14. The fourth-order valence-corrected chi connectivity index (χ4v) is 2.71. The van der Waals surface area contributed by atoms with E-state index in [4.69, 9.17) is 0 Å². The van der Waals surface area contributed by atoms with Gasteiger partial charge in [-0.3, -0.25) is 4.79 Å². The molecule has 1 nitrogen and oxygen atoms in total. The average molecular weight is 285 g/mol. The van der Waals surface area contributed by atoms with Crippen LogP contribution in [0.3, 0.4) is 0 Å². The molecule has 0 radical (unpaired) electrons. The fraction of sp³-hybridized carbons (Fsp3) is 0.824. The summed E-state index contributed by atoms with van der Waals surface area (Å²) in [5.74, 6) is 0.989. The topological polar surface area (TPSA) is 17.1 Å². The van der Waals surface area contributed by atoms with Crippen molar-refractivity contribution in [2.45, 2.75) is 84.5 Å². The molecule has 0 aliphatic carbocycles. The van der Waals surface area contributed by atoms with Gasteiger partial charge in [0.15, 0.2) is 0 Å². The summed E-state index contributed by atoms with van der Waals surface area (Å²) in [6.07, 6.45) is 17.8. The summed E-state index contributed by atoms with van der Waals surface area (Å²) in [6.45, 7) is 4.46. The highest BCUT2D eigenvalue weighted by molar-refractivity contribution is 8.14. The van der Waals surface area contributed by atoms with Gasteiger partial charge in [0.1, 0.15) is 0 Å². The minimum Gasteiger partial charge on any atom is -0.282 e. The second-order valence-electron chi connectivity index (χ2n) is 5.19. The van der Waals surface area contributed by atoms with Crippen molar-refractivity contribution < 1.29 is 4.79 Å². The number of thioether (sulfide) groups is 1. The SMILES string of the molecule is CCCCCCC/C=C/C(=O)SCCCCCCC. The van der Waals surface area contributed by atoms with Crippen LogP contribution in [0.15, 0.2) is 12.2 Å². The van der Waals surface area contributed by atoms with Crippen LogP contribution in [-0.2, 0) is 4.79 Å². The van der Waals surface area contributed by atoms with Crippen molar-refractivity contribution in [1.29, 1.82) is 0 Å². The van der Waals surface area contributed by atoms with Crippen LogP contribution in [0.4, 0.5) is 0 Å². The third-order valence-electron chi connectivity index (χ3n) is 3.22. The molecule has 0 aliphatic rings. The molecule has 0 N–H and O–H groups in total. The van der Waals surface area contributed by atoms with Gasteiger partial charge in [0, 0.05) is 5.75 Å². The normalized spacial score (nSPS) is 11.3. The Morgan fingerprint density at radius 3 is 2.05 bits per heavy atom. The number of allylic oxidation sites excluding steroid dienone is 1. The molecule has 112 valence electrons. The van der Waals surface area contributed by atoms with Crippen LogP contribution in [0.25, 0.3) is 0 Å². The lowest BCUT2D eigenvalue weighted by molar-refractivity contribution is -0.107. The molecule has 19 heavy (non-hydrogen) atoms. The van der Waals surface area contributed by atoms with Crippen LogP contribution < -0.4 is 0 Å². The van der Waals surface area contributed by atoms with Crippen LogP contribution in [0.1, 0.15) is 84.5 Å². The maximum absolute atomic E-state index is 11.5. The van der Waals surface area contributed by atoms with Crippen LogP contribution in [0.2, 0.25) is 0 Å². The number of rotatable bonds is 13. The maximum Gasteiger partial charge on any atom is 0.211 e. The highest BCUT2D eigenvalue weighted by Crippen LogP contribution is 2.11. The molecule has 0 atom stereocenters. The molecule has 0 spiro atoms. The number of unbranched alkanes of at least 4 members (excludes halogenated alkanes) is 9. The third-order valence-corrected chi connectivity index (χ3v) is 4.13. The molecule has 2 heteroatoms. The summed E-state index contributed by atoms with van der Waals surface area (Å²) in [6, 6.07) is 0. The van der Waals surface area contributed by atoms with Crippen molar-refractivity contribution in [3.8, 4) is 0 Å². The van der Waals surface area contributed by atoms with E-state index < -0.39 is 0 Å². The highest BCUT2D eigenvalue weighted by atomic mass is 32.2. The molecular weight excluding hydrogens is 252 g/mol. The first-order valence-corrected chi connectivity index (χ1v) is 9.13. The molecule has 0 aromatic carbocycles. The Labute approximate surface area is 124 Å². The molecule has 0 fully saturated rings. The van der Waals surface area contributed by atoms with Crippen LogP contribution in [0, 0.1) is 0 Å². The standard InChI is InChI=1S/C17H32OS/c1-3-5-7-9-10-11-13-15-17(18)19-16-14-12-8-6-4-2/h13,15H,3-12,14,16H2,1-2H3/b15-13+. The zero-order valence-corrected chi connectivity index (χ0v) is 13.8. The van der Waals surface area contributed by atoms with E-state index in [0.717, 1.165) is 12.2 Å². The van der Waals surface area contributed by atoms with Gasteiger partial charge in [0.25, 0.3) is 0 Å². The Morgan fingerprint density at radius 2 is 1.42 bits per heavy atom. The van der Waals surface area contributed by atoms with Gasteiger partial charge < -0.3 is 0 Å². The van der Waals surface area contributed by atoms with E-state index in [9.17, 15) is 4.79 Å². The van der Waals surface area contributed by atoms with E-state index in [-0.39, 0.29) is 5.12 Å². The van der Waals surface area contributed by atoms with Crippen LogP contribution in [0.5, 0.6) is 0 Å². The minimum absolute atomic E-state index is 0.240. The van der Waals surface area contributed by atoms with Gasteiger partial charge in [-0.25, -0.2) is 0 Å². The van der Waals surface area contributed by atoms with Crippen molar-refractivity contribution in [3.63, 3.8) is 0 Å². The quantitative estimate of drug-likeness (QED) is 0.299. The van der Waals surface area contributed by atoms with E-state index in [1.807, 2.05) is 0 Å². The Morgan fingerprint density at radius 1 is 0.842 bits per heavy atom. The second kappa shape index (κ2) is 15.8. The Balaban J connectivity index is 3.28. The zero-order chi connectivity index (χ0) is 14.2. The van der Waals surface area contributed by atoms with Gasteiger partial charge >= 0.3 is 0 Å². The zero-order valence-electron chi connectivity index (χ0n) is 13.0. The van der Waals surface area contributed by atoms with Gasteiger partial charge in [0.2, 0.25) is 5.12 Å². The number of carbonyl (C=O) groups excluding carboxylic acids is 1. The molecule has 0 rings (SSSR count). The number of hydrogen-bond acceptors (Lipinski definition) is 2. The van der Waals surface area contributed by atoms with E-state index in [0.29, 0.717) is 0 Å². The predicted octanol–water partition coefficient (Wildman–Crippen LogP) is 6.13. The smallest absolute Gasteiger partial charge is 0.211 e. The monoisotopic (exact) mass is 284 g/mol. The summed E-state index contributed by atoms with van der Waals surface area (Å²) in [7, 11) is 0. The summed E-state index contributed by atoms with van der Waals surface area (Å²) in [5.41, 5.74) is 0. The Bertz CT molecular complexity index is 223. The van der Waals surface area contributed by atoms with Crippen LogP contribution >= 0.6 is 11.8 Å². The molecule has 0 aromatic rings. The molecule has 0 unspecified atom stereocenters. The molecule has 0 saturated carbocycles. The number of carbonyl (C=O) groups is 1. The van der Waals surface area contributed by atoms with Crippen molar-refractivity contribution in [1.82, 2.24) is 0 Å². The lowest BCUT2D eigenvalue weighted by atomic mass is 10.1. The van der Waals surface area contributed by atoms with E-state index >= 15 is 0 Å². The first-order chi connectivity index (χ1) is 9.31. The third kappa shape index (κ3) is 15.7. The van der Waals surface area contributed by atoms with Crippen molar-refractivity contribution in [2.75, 3.05) is 5.75 Å².